The number of rotatable bonds is 5. The molecule has 0 aliphatic heterocycles. The van der Waals surface area contributed by atoms with Crippen molar-refractivity contribution in [2.45, 2.75) is 13.2 Å². The molecule has 4 heterocycles. The molecule has 0 atom stereocenters. The maximum absolute atomic E-state index is 13.3. The van der Waals surface area contributed by atoms with Crippen molar-refractivity contribution in [3.63, 3.8) is 0 Å². The molecule has 0 aliphatic rings. The summed E-state index contributed by atoms with van der Waals surface area (Å²) in [6, 6.07) is 10.1. The van der Waals surface area contributed by atoms with Gasteiger partial charge in [0.25, 0.3) is 0 Å². The number of halogens is 1. The number of methoxy groups -OCH3 is 1. The Morgan fingerprint density at radius 3 is 2.73 bits per heavy atom. The van der Waals surface area contributed by atoms with E-state index >= 15 is 0 Å². The molecule has 0 saturated carbocycles. The van der Waals surface area contributed by atoms with Crippen molar-refractivity contribution < 1.29 is 14.2 Å². The second-order valence-electron chi connectivity index (χ2n) is 6.76. The Morgan fingerprint density at radius 2 is 1.97 bits per heavy atom. The quantitative estimate of drug-likeness (QED) is 0.484. The van der Waals surface area contributed by atoms with E-state index in [1.807, 2.05) is 22.9 Å². The van der Waals surface area contributed by atoms with Gasteiger partial charge in [-0.1, -0.05) is 12.1 Å². The SMILES string of the molecule is COc1ncnn2ccc(-c3cnc4nc(CO)n(Cc5ccc(F)cc5)c4c3)c12. The van der Waals surface area contributed by atoms with Crippen LogP contribution in [-0.2, 0) is 13.2 Å². The summed E-state index contributed by atoms with van der Waals surface area (Å²) in [6.45, 7) is 0.199. The van der Waals surface area contributed by atoms with Gasteiger partial charge >= 0.3 is 0 Å². The standard InChI is InChI=1S/C21H17FN6O2/c1-30-21-19-16(6-7-28(19)25-12-24-21)14-8-17-20(23-9-14)26-18(11-29)27(17)10-13-2-4-15(22)5-3-13/h2-9,12,29H,10-11H2,1H3. The van der Waals surface area contributed by atoms with Crippen molar-refractivity contribution in [3.8, 4) is 17.0 Å². The molecule has 5 rings (SSSR count). The van der Waals surface area contributed by atoms with E-state index in [1.54, 1.807) is 30.0 Å². The average Bonchev–Trinajstić information content (AvgIpc) is 3.36. The van der Waals surface area contributed by atoms with Crippen LogP contribution in [0, 0.1) is 5.82 Å². The molecule has 0 saturated heterocycles. The molecule has 0 radical (unpaired) electrons. The lowest BCUT2D eigenvalue weighted by atomic mass is 10.1. The second kappa shape index (κ2) is 7.20. The molecule has 0 unspecified atom stereocenters. The average molecular weight is 404 g/mol. The molecule has 0 bridgehead atoms. The highest BCUT2D eigenvalue weighted by Gasteiger charge is 2.16. The van der Waals surface area contributed by atoms with E-state index in [0.717, 1.165) is 27.7 Å². The van der Waals surface area contributed by atoms with Crippen molar-refractivity contribution >= 4 is 16.7 Å². The van der Waals surface area contributed by atoms with Gasteiger partial charge in [-0.15, -0.1) is 0 Å². The molecular formula is C21H17FN6O2. The van der Waals surface area contributed by atoms with Crippen LogP contribution in [0.5, 0.6) is 5.88 Å². The van der Waals surface area contributed by atoms with Crippen LogP contribution in [0.4, 0.5) is 4.39 Å². The van der Waals surface area contributed by atoms with Gasteiger partial charge in [0.05, 0.1) is 12.6 Å². The molecule has 4 aromatic heterocycles. The molecule has 150 valence electrons. The van der Waals surface area contributed by atoms with Crippen molar-refractivity contribution in [2.24, 2.45) is 0 Å². The van der Waals surface area contributed by atoms with Gasteiger partial charge in [-0.25, -0.2) is 18.9 Å². The molecule has 5 aromatic rings. The zero-order chi connectivity index (χ0) is 20.7. The molecule has 0 fully saturated rings. The van der Waals surface area contributed by atoms with Crippen LogP contribution in [0.15, 0.2) is 55.1 Å². The Hall–Kier alpha value is -3.85. The number of aliphatic hydroxyl groups is 1. The lowest BCUT2D eigenvalue weighted by molar-refractivity contribution is 0.267. The Balaban J connectivity index is 1.66. The van der Waals surface area contributed by atoms with Crippen molar-refractivity contribution in [1.29, 1.82) is 0 Å². The monoisotopic (exact) mass is 404 g/mol. The fourth-order valence-corrected chi connectivity index (χ4v) is 3.58. The molecule has 8 nitrogen and oxygen atoms in total. The van der Waals surface area contributed by atoms with Crippen LogP contribution < -0.4 is 4.74 Å². The van der Waals surface area contributed by atoms with Crippen LogP contribution in [0.25, 0.3) is 27.8 Å². The molecule has 30 heavy (non-hydrogen) atoms. The highest BCUT2D eigenvalue weighted by Crippen LogP contribution is 2.31. The van der Waals surface area contributed by atoms with Gasteiger partial charge in [0, 0.05) is 30.1 Å². The van der Waals surface area contributed by atoms with Crippen LogP contribution >= 0.6 is 0 Å². The Morgan fingerprint density at radius 1 is 1.13 bits per heavy atom. The molecule has 0 aliphatic carbocycles. The normalized spacial score (nSPS) is 11.4. The number of hydrogen-bond acceptors (Lipinski definition) is 6. The van der Waals surface area contributed by atoms with Gasteiger partial charge in [-0.3, -0.25) is 0 Å². The van der Waals surface area contributed by atoms with Gasteiger partial charge in [0.2, 0.25) is 5.88 Å². The second-order valence-corrected chi connectivity index (χ2v) is 6.76. The molecular weight excluding hydrogens is 387 g/mol. The summed E-state index contributed by atoms with van der Waals surface area (Å²) < 4.78 is 22.2. The maximum Gasteiger partial charge on any atom is 0.241 e. The molecule has 1 N–H and O–H groups in total. The van der Waals surface area contributed by atoms with Crippen LogP contribution in [0.1, 0.15) is 11.4 Å². The number of benzene rings is 1. The van der Waals surface area contributed by atoms with Crippen LogP contribution in [0.2, 0.25) is 0 Å². The summed E-state index contributed by atoms with van der Waals surface area (Å²) in [6.07, 6.45) is 4.98. The lowest BCUT2D eigenvalue weighted by Crippen LogP contribution is -2.05. The maximum atomic E-state index is 13.3. The fourth-order valence-electron chi connectivity index (χ4n) is 3.58. The first-order valence-corrected chi connectivity index (χ1v) is 9.25. The van der Waals surface area contributed by atoms with Crippen molar-refractivity contribution in [2.75, 3.05) is 7.11 Å². The highest BCUT2D eigenvalue weighted by molar-refractivity contribution is 5.87. The largest absolute Gasteiger partial charge is 0.479 e. The predicted molar refractivity (Wildman–Crippen MR) is 107 cm³/mol. The smallest absolute Gasteiger partial charge is 0.241 e. The third kappa shape index (κ3) is 2.96. The van der Waals surface area contributed by atoms with Gasteiger partial charge in [0.15, 0.2) is 5.65 Å². The first kappa shape index (κ1) is 18.2. The van der Waals surface area contributed by atoms with Crippen LogP contribution in [0.3, 0.4) is 0 Å². The minimum Gasteiger partial charge on any atom is -0.479 e. The van der Waals surface area contributed by atoms with E-state index in [9.17, 15) is 9.50 Å². The third-order valence-corrected chi connectivity index (χ3v) is 5.00. The molecule has 0 spiro atoms. The first-order valence-electron chi connectivity index (χ1n) is 9.25. The zero-order valence-electron chi connectivity index (χ0n) is 16.0. The number of fused-ring (bicyclic) bond motifs is 2. The van der Waals surface area contributed by atoms with Gasteiger partial charge < -0.3 is 14.4 Å². The summed E-state index contributed by atoms with van der Waals surface area (Å²) >= 11 is 0. The summed E-state index contributed by atoms with van der Waals surface area (Å²) in [5.74, 6) is 0.653. The van der Waals surface area contributed by atoms with Gasteiger partial charge in [0.1, 0.15) is 30.1 Å². The molecule has 9 heteroatoms. The van der Waals surface area contributed by atoms with E-state index in [-0.39, 0.29) is 12.4 Å². The topological polar surface area (TPSA) is 90.4 Å². The van der Waals surface area contributed by atoms with E-state index in [1.165, 1.54) is 18.5 Å². The number of pyridine rings is 1. The summed E-state index contributed by atoms with van der Waals surface area (Å²) in [5, 5.41) is 14.0. The zero-order valence-corrected chi connectivity index (χ0v) is 16.0. The minimum absolute atomic E-state index is 0.232. The Bertz CT molecular complexity index is 1360. The number of ether oxygens (including phenoxy) is 1. The van der Waals surface area contributed by atoms with E-state index in [4.69, 9.17) is 4.74 Å². The number of aliphatic hydroxyl groups excluding tert-OH is 1. The lowest BCUT2D eigenvalue weighted by Gasteiger charge is -2.09. The van der Waals surface area contributed by atoms with Gasteiger partial charge in [-0.2, -0.15) is 10.1 Å². The Kier molecular flexibility index (Phi) is 4.36. The number of hydrogen-bond donors (Lipinski definition) is 1. The van der Waals surface area contributed by atoms with E-state index < -0.39 is 0 Å². The number of aromatic nitrogens is 6. The third-order valence-electron chi connectivity index (χ3n) is 5.00. The minimum atomic E-state index is -0.294. The molecule has 0 amide bonds. The van der Waals surface area contributed by atoms with E-state index in [0.29, 0.717) is 23.9 Å². The van der Waals surface area contributed by atoms with Crippen molar-refractivity contribution in [3.05, 3.63) is 72.3 Å². The number of nitrogens with zero attached hydrogens (tertiary/aromatic N) is 6. The molecule has 1 aromatic carbocycles. The van der Waals surface area contributed by atoms with Crippen molar-refractivity contribution in [1.82, 2.24) is 29.1 Å². The number of imidazole rings is 1. The van der Waals surface area contributed by atoms with Crippen LogP contribution in [-0.4, -0.2) is 41.3 Å². The van der Waals surface area contributed by atoms with E-state index in [2.05, 4.69) is 20.1 Å². The first-order chi connectivity index (χ1) is 14.7. The summed E-state index contributed by atoms with van der Waals surface area (Å²) in [7, 11) is 1.56. The van der Waals surface area contributed by atoms with Gasteiger partial charge in [-0.05, 0) is 29.8 Å². The summed E-state index contributed by atoms with van der Waals surface area (Å²) in [5.41, 5.74) is 4.60. The predicted octanol–water partition coefficient (Wildman–Crippen LogP) is 2.83. The summed E-state index contributed by atoms with van der Waals surface area (Å²) in [4.78, 5) is 13.1. The highest BCUT2D eigenvalue weighted by atomic mass is 19.1. The Labute approximate surface area is 170 Å². The fraction of sp³-hybridized carbons (Fsp3) is 0.143.